The van der Waals surface area contributed by atoms with E-state index < -0.39 is 0 Å². The molecule has 0 radical (unpaired) electrons. The van der Waals surface area contributed by atoms with Gasteiger partial charge in [-0.2, -0.15) is 5.10 Å². The van der Waals surface area contributed by atoms with Crippen LogP contribution in [0.2, 0.25) is 5.02 Å². The lowest BCUT2D eigenvalue weighted by Crippen LogP contribution is -2.19. The quantitative estimate of drug-likeness (QED) is 0.551. The summed E-state index contributed by atoms with van der Waals surface area (Å²) < 4.78 is 1.79. The van der Waals surface area contributed by atoms with Gasteiger partial charge in [0.25, 0.3) is 0 Å². The van der Waals surface area contributed by atoms with E-state index in [0.717, 1.165) is 28.2 Å². The molecule has 0 aliphatic heterocycles. The summed E-state index contributed by atoms with van der Waals surface area (Å²) >= 11 is 6.13. The van der Waals surface area contributed by atoms with Gasteiger partial charge in [0.15, 0.2) is 5.65 Å². The van der Waals surface area contributed by atoms with Gasteiger partial charge in [0.2, 0.25) is 0 Å². The molecular formula is C19H17ClN6. The molecular weight excluding hydrogens is 348 g/mol. The van der Waals surface area contributed by atoms with Crippen LogP contribution in [0, 0.1) is 6.92 Å². The van der Waals surface area contributed by atoms with Crippen molar-refractivity contribution in [3.05, 3.63) is 71.4 Å². The monoisotopic (exact) mass is 364 g/mol. The fourth-order valence-corrected chi connectivity index (χ4v) is 3.08. The molecule has 0 atom stereocenters. The SMILES string of the molecule is Cc1nc(N(C)Cc2ccccn2)c2cnn(-c3cccc(Cl)c3)c2n1. The fourth-order valence-electron chi connectivity index (χ4n) is 2.90. The molecule has 0 aliphatic carbocycles. The first-order chi connectivity index (χ1) is 12.6. The molecule has 7 heteroatoms. The minimum atomic E-state index is 0.648. The van der Waals surface area contributed by atoms with E-state index in [0.29, 0.717) is 17.4 Å². The third-order valence-electron chi connectivity index (χ3n) is 4.06. The van der Waals surface area contributed by atoms with Gasteiger partial charge in [0.05, 0.1) is 29.5 Å². The lowest BCUT2D eigenvalue weighted by molar-refractivity contribution is 0.856. The summed E-state index contributed by atoms with van der Waals surface area (Å²) in [4.78, 5) is 15.7. The Morgan fingerprint density at radius 3 is 2.77 bits per heavy atom. The molecule has 1 aromatic carbocycles. The number of benzene rings is 1. The lowest BCUT2D eigenvalue weighted by atomic mass is 10.3. The Bertz CT molecular complexity index is 1060. The van der Waals surface area contributed by atoms with Gasteiger partial charge in [-0.1, -0.05) is 23.7 Å². The third-order valence-corrected chi connectivity index (χ3v) is 4.29. The predicted molar refractivity (Wildman–Crippen MR) is 103 cm³/mol. The average Bonchev–Trinajstić information content (AvgIpc) is 3.05. The summed E-state index contributed by atoms with van der Waals surface area (Å²) in [6, 6.07) is 13.4. The van der Waals surface area contributed by atoms with Crippen molar-refractivity contribution >= 4 is 28.5 Å². The molecule has 3 aromatic heterocycles. The molecule has 26 heavy (non-hydrogen) atoms. The van der Waals surface area contributed by atoms with Gasteiger partial charge in [0.1, 0.15) is 11.6 Å². The second-order valence-corrected chi connectivity index (χ2v) is 6.48. The third kappa shape index (κ3) is 3.11. The number of fused-ring (bicyclic) bond motifs is 1. The predicted octanol–water partition coefficient (Wildman–Crippen LogP) is 3.81. The van der Waals surface area contributed by atoms with Crippen LogP contribution in [0.5, 0.6) is 0 Å². The first-order valence-electron chi connectivity index (χ1n) is 8.21. The Morgan fingerprint density at radius 1 is 1.12 bits per heavy atom. The van der Waals surface area contributed by atoms with Crippen molar-refractivity contribution in [1.82, 2.24) is 24.7 Å². The van der Waals surface area contributed by atoms with Crippen molar-refractivity contribution in [2.24, 2.45) is 0 Å². The second kappa shape index (κ2) is 6.72. The molecule has 0 unspecified atom stereocenters. The zero-order valence-corrected chi connectivity index (χ0v) is 15.2. The van der Waals surface area contributed by atoms with E-state index in [9.17, 15) is 0 Å². The molecule has 0 fully saturated rings. The normalized spacial score (nSPS) is 11.0. The highest BCUT2D eigenvalue weighted by Crippen LogP contribution is 2.26. The van der Waals surface area contributed by atoms with Gasteiger partial charge in [-0.3, -0.25) is 4.98 Å². The van der Waals surface area contributed by atoms with Crippen molar-refractivity contribution < 1.29 is 0 Å². The molecule has 4 rings (SSSR count). The molecule has 0 bridgehead atoms. The van der Waals surface area contributed by atoms with Crippen LogP contribution >= 0.6 is 11.6 Å². The highest BCUT2D eigenvalue weighted by molar-refractivity contribution is 6.30. The zero-order valence-electron chi connectivity index (χ0n) is 14.5. The van der Waals surface area contributed by atoms with Crippen molar-refractivity contribution in [1.29, 1.82) is 0 Å². The van der Waals surface area contributed by atoms with Crippen LogP contribution < -0.4 is 4.90 Å². The van der Waals surface area contributed by atoms with Gasteiger partial charge in [-0.25, -0.2) is 14.6 Å². The van der Waals surface area contributed by atoms with Crippen molar-refractivity contribution in [2.75, 3.05) is 11.9 Å². The van der Waals surface area contributed by atoms with Crippen molar-refractivity contribution in [3.63, 3.8) is 0 Å². The second-order valence-electron chi connectivity index (χ2n) is 6.05. The van der Waals surface area contributed by atoms with E-state index in [2.05, 4.69) is 25.0 Å². The highest BCUT2D eigenvalue weighted by Gasteiger charge is 2.16. The molecule has 0 aliphatic rings. The summed E-state index contributed by atoms with van der Waals surface area (Å²) in [5, 5.41) is 6.05. The topological polar surface area (TPSA) is 59.7 Å². The van der Waals surface area contributed by atoms with Crippen LogP contribution in [0.3, 0.4) is 0 Å². The van der Waals surface area contributed by atoms with Crippen LogP contribution in [0.1, 0.15) is 11.5 Å². The molecule has 4 aromatic rings. The number of hydrogen-bond acceptors (Lipinski definition) is 5. The number of rotatable bonds is 4. The van der Waals surface area contributed by atoms with E-state index in [1.54, 1.807) is 17.1 Å². The molecule has 130 valence electrons. The molecule has 6 nitrogen and oxygen atoms in total. The largest absolute Gasteiger partial charge is 0.353 e. The Labute approximate surface area is 156 Å². The molecule has 0 spiro atoms. The van der Waals surface area contributed by atoms with Gasteiger partial charge in [-0.05, 0) is 37.3 Å². The van der Waals surface area contributed by atoms with Crippen LogP contribution in [0.4, 0.5) is 5.82 Å². The van der Waals surface area contributed by atoms with Crippen molar-refractivity contribution in [2.45, 2.75) is 13.5 Å². The maximum Gasteiger partial charge on any atom is 0.168 e. The number of aromatic nitrogens is 5. The van der Waals surface area contributed by atoms with E-state index in [1.807, 2.05) is 56.4 Å². The number of nitrogens with zero attached hydrogens (tertiary/aromatic N) is 6. The van der Waals surface area contributed by atoms with Crippen molar-refractivity contribution in [3.8, 4) is 5.69 Å². The summed E-state index contributed by atoms with van der Waals surface area (Å²) in [5.41, 5.74) is 2.59. The van der Waals surface area contributed by atoms with E-state index in [4.69, 9.17) is 11.6 Å². The maximum atomic E-state index is 6.13. The summed E-state index contributed by atoms with van der Waals surface area (Å²) in [6.07, 6.45) is 3.58. The van der Waals surface area contributed by atoms with Crippen LogP contribution in [0.25, 0.3) is 16.7 Å². The number of aryl methyl sites for hydroxylation is 1. The summed E-state index contributed by atoms with van der Waals surface area (Å²) in [6.45, 7) is 2.53. The van der Waals surface area contributed by atoms with Crippen LogP contribution in [-0.4, -0.2) is 31.8 Å². The van der Waals surface area contributed by atoms with Gasteiger partial charge in [0, 0.05) is 18.3 Å². The number of hydrogen-bond donors (Lipinski definition) is 0. The van der Waals surface area contributed by atoms with Gasteiger partial charge < -0.3 is 4.90 Å². The van der Waals surface area contributed by atoms with E-state index in [1.165, 1.54) is 0 Å². The minimum Gasteiger partial charge on any atom is -0.353 e. The molecule has 3 heterocycles. The Balaban J connectivity index is 1.79. The lowest BCUT2D eigenvalue weighted by Gasteiger charge is -2.18. The standard InChI is InChI=1S/C19H17ClN6/c1-13-23-18(25(2)12-15-7-3-4-9-21-15)17-11-22-26(19(17)24-13)16-8-5-6-14(20)10-16/h3-11H,12H2,1-2H3. The molecule has 0 saturated heterocycles. The minimum absolute atomic E-state index is 0.648. The van der Waals surface area contributed by atoms with Crippen LogP contribution in [0.15, 0.2) is 54.9 Å². The van der Waals surface area contributed by atoms with E-state index in [-0.39, 0.29) is 0 Å². The maximum absolute atomic E-state index is 6.13. The Morgan fingerprint density at radius 2 is 2.00 bits per heavy atom. The van der Waals surface area contributed by atoms with E-state index >= 15 is 0 Å². The fraction of sp³-hybridized carbons (Fsp3) is 0.158. The first-order valence-corrected chi connectivity index (χ1v) is 8.59. The smallest absolute Gasteiger partial charge is 0.168 e. The number of anilines is 1. The summed E-state index contributed by atoms with van der Waals surface area (Å²) in [5.74, 6) is 1.51. The Kier molecular flexibility index (Phi) is 4.26. The molecule has 0 N–H and O–H groups in total. The zero-order chi connectivity index (χ0) is 18.1. The Hall–Kier alpha value is -2.99. The molecule has 0 amide bonds. The average molecular weight is 365 g/mol. The van der Waals surface area contributed by atoms with Gasteiger partial charge in [-0.15, -0.1) is 0 Å². The number of pyridine rings is 1. The van der Waals surface area contributed by atoms with Crippen LogP contribution in [-0.2, 0) is 6.54 Å². The highest BCUT2D eigenvalue weighted by atomic mass is 35.5. The molecule has 0 saturated carbocycles. The summed E-state index contributed by atoms with van der Waals surface area (Å²) in [7, 11) is 1.99. The first kappa shape index (κ1) is 16.5. The number of halogens is 1. The van der Waals surface area contributed by atoms with Gasteiger partial charge >= 0.3 is 0 Å².